The smallest absolute Gasteiger partial charge is 0.303 e. The fourth-order valence-corrected chi connectivity index (χ4v) is 2.56. The third-order valence-electron chi connectivity index (χ3n) is 3.79. The van der Waals surface area contributed by atoms with Gasteiger partial charge in [-0.05, 0) is 42.5 Å². The summed E-state index contributed by atoms with van der Waals surface area (Å²) in [7, 11) is 1.59. The van der Waals surface area contributed by atoms with Crippen LogP contribution in [0, 0.1) is 5.82 Å². The normalized spacial score (nSPS) is 10.6. The molecule has 0 saturated heterocycles. The van der Waals surface area contributed by atoms with Gasteiger partial charge in [-0.1, -0.05) is 12.1 Å². The highest BCUT2D eigenvalue weighted by Gasteiger charge is 2.13. The van der Waals surface area contributed by atoms with Gasteiger partial charge in [0.2, 0.25) is 0 Å². The van der Waals surface area contributed by atoms with Crippen LogP contribution in [0.3, 0.4) is 0 Å². The number of methoxy groups -OCH3 is 1. The van der Waals surface area contributed by atoms with Crippen molar-refractivity contribution in [1.82, 2.24) is 9.78 Å². The average Bonchev–Trinajstić information content (AvgIpc) is 3.04. The van der Waals surface area contributed by atoms with E-state index < -0.39 is 5.97 Å². The Morgan fingerprint density at radius 3 is 2.60 bits per heavy atom. The van der Waals surface area contributed by atoms with E-state index in [2.05, 4.69) is 5.10 Å². The lowest BCUT2D eigenvalue weighted by Gasteiger charge is -2.08. The summed E-state index contributed by atoms with van der Waals surface area (Å²) in [6, 6.07) is 15.3. The Labute approximate surface area is 144 Å². The SMILES string of the molecule is COc1ccc(-n2nc(CCC(=O)O)cc2-c2cccc(F)c2)cc1. The predicted octanol–water partition coefficient (Wildman–Crippen LogP) is 3.70. The maximum absolute atomic E-state index is 13.6. The Balaban J connectivity index is 2.05. The number of halogens is 1. The Bertz CT molecular complexity index is 888. The van der Waals surface area contributed by atoms with Crippen LogP contribution in [0.4, 0.5) is 4.39 Å². The van der Waals surface area contributed by atoms with E-state index in [1.54, 1.807) is 30.0 Å². The molecule has 0 fully saturated rings. The van der Waals surface area contributed by atoms with Crippen LogP contribution in [0.5, 0.6) is 5.75 Å². The van der Waals surface area contributed by atoms with Crippen LogP contribution in [0.25, 0.3) is 16.9 Å². The van der Waals surface area contributed by atoms with Crippen LogP contribution in [0.15, 0.2) is 54.6 Å². The first-order valence-electron chi connectivity index (χ1n) is 7.78. The van der Waals surface area contributed by atoms with E-state index in [1.165, 1.54) is 12.1 Å². The Morgan fingerprint density at radius 1 is 1.20 bits per heavy atom. The van der Waals surface area contributed by atoms with Gasteiger partial charge in [0, 0.05) is 12.0 Å². The van der Waals surface area contributed by atoms with Crippen LogP contribution >= 0.6 is 0 Å². The summed E-state index contributed by atoms with van der Waals surface area (Å²) in [6.07, 6.45) is 0.295. The van der Waals surface area contributed by atoms with Gasteiger partial charge in [0.05, 0.1) is 30.6 Å². The van der Waals surface area contributed by atoms with Gasteiger partial charge >= 0.3 is 5.97 Å². The van der Waals surface area contributed by atoms with Crippen LogP contribution < -0.4 is 4.74 Å². The molecule has 1 heterocycles. The highest BCUT2D eigenvalue weighted by Crippen LogP contribution is 2.26. The van der Waals surface area contributed by atoms with Crippen molar-refractivity contribution in [2.45, 2.75) is 12.8 Å². The fourth-order valence-electron chi connectivity index (χ4n) is 2.56. The van der Waals surface area contributed by atoms with Gasteiger partial charge in [-0.2, -0.15) is 5.10 Å². The highest BCUT2D eigenvalue weighted by atomic mass is 19.1. The molecule has 0 unspecified atom stereocenters. The second kappa shape index (κ2) is 7.17. The van der Waals surface area contributed by atoms with Crippen molar-refractivity contribution in [3.05, 3.63) is 66.1 Å². The van der Waals surface area contributed by atoms with Gasteiger partial charge in [0.25, 0.3) is 0 Å². The molecule has 0 aliphatic carbocycles. The fraction of sp³-hybridized carbons (Fsp3) is 0.158. The van der Waals surface area contributed by atoms with Crippen molar-refractivity contribution in [3.63, 3.8) is 0 Å². The number of carboxylic acids is 1. The number of aromatic nitrogens is 2. The van der Waals surface area contributed by atoms with E-state index in [0.717, 1.165) is 5.69 Å². The summed E-state index contributed by atoms with van der Waals surface area (Å²) in [5.74, 6) is -0.507. The molecule has 1 aromatic heterocycles. The molecule has 0 atom stereocenters. The van der Waals surface area contributed by atoms with E-state index in [0.29, 0.717) is 29.1 Å². The molecular formula is C19H17FN2O3. The highest BCUT2D eigenvalue weighted by molar-refractivity contribution is 5.67. The number of hydrogen-bond donors (Lipinski definition) is 1. The molecule has 2 aromatic carbocycles. The van der Waals surface area contributed by atoms with Crippen LogP contribution in [-0.4, -0.2) is 28.0 Å². The van der Waals surface area contributed by atoms with Gasteiger partial charge in [-0.25, -0.2) is 9.07 Å². The van der Waals surface area contributed by atoms with Gasteiger partial charge < -0.3 is 9.84 Å². The number of ether oxygens (including phenoxy) is 1. The topological polar surface area (TPSA) is 64.4 Å². The van der Waals surface area contributed by atoms with Gasteiger partial charge in [-0.15, -0.1) is 0 Å². The Kier molecular flexibility index (Phi) is 4.79. The quantitative estimate of drug-likeness (QED) is 0.743. The minimum Gasteiger partial charge on any atom is -0.497 e. The first kappa shape index (κ1) is 16.7. The summed E-state index contributed by atoms with van der Waals surface area (Å²) in [4.78, 5) is 10.8. The number of carboxylic acid groups (broad SMARTS) is 1. The zero-order chi connectivity index (χ0) is 17.8. The molecular weight excluding hydrogens is 323 g/mol. The molecule has 3 aromatic rings. The average molecular weight is 340 g/mol. The first-order valence-corrected chi connectivity index (χ1v) is 7.78. The van der Waals surface area contributed by atoms with E-state index >= 15 is 0 Å². The minimum absolute atomic E-state index is 0.0117. The first-order chi connectivity index (χ1) is 12.1. The standard InChI is InChI=1S/C19H17FN2O3/c1-25-17-8-6-16(7-9-17)22-18(13-3-2-4-14(20)11-13)12-15(21-22)5-10-19(23)24/h2-4,6-9,11-12H,5,10H2,1H3,(H,23,24). The summed E-state index contributed by atoms with van der Waals surface area (Å²) >= 11 is 0. The van der Waals surface area contributed by atoms with Crippen molar-refractivity contribution >= 4 is 5.97 Å². The second-order valence-electron chi connectivity index (χ2n) is 5.53. The number of rotatable bonds is 6. The molecule has 0 amide bonds. The molecule has 128 valence electrons. The zero-order valence-corrected chi connectivity index (χ0v) is 13.6. The third-order valence-corrected chi connectivity index (χ3v) is 3.79. The predicted molar refractivity (Wildman–Crippen MR) is 91.5 cm³/mol. The molecule has 0 aliphatic heterocycles. The minimum atomic E-state index is -0.883. The monoisotopic (exact) mass is 340 g/mol. The molecule has 1 N–H and O–H groups in total. The molecule has 0 aliphatic rings. The molecule has 0 saturated carbocycles. The lowest BCUT2D eigenvalue weighted by Crippen LogP contribution is -2.01. The van der Waals surface area contributed by atoms with E-state index in [-0.39, 0.29) is 12.2 Å². The summed E-state index contributed by atoms with van der Waals surface area (Å²) in [5.41, 5.74) is 2.79. The lowest BCUT2D eigenvalue weighted by atomic mass is 10.1. The van der Waals surface area contributed by atoms with Crippen molar-refractivity contribution in [1.29, 1.82) is 0 Å². The maximum atomic E-state index is 13.6. The number of carbonyl (C=O) groups is 1. The van der Waals surface area contributed by atoms with Gasteiger partial charge in [0.1, 0.15) is 11.6 Å². The van der Waals surface area contributed by atoms with E-state index in [1.807, 2.05) is 24.3 Å². The maximum Gasteiger partial charge on any atom is 0.303 e. The van der Waals surface area contributed by atoms with Crippen molar-refractivity contribution < 1.29 is 19.0 Å². The van der Waals surface area contributed by atoms with E-state index in [9.17, 15) is 9.18 Å². The van der Waals surface area contributed by atoms with Crippen LogP contribution in [-0.2, 0) is 11.2 Å². The molecule has 0 radical (unpaired) electrons. The van der Waals surface area contributed by atoms with Gasteiger partial charge in [-0.3, -0.25) is 4.79 Å². The number of nitrogens with zero attached hydrogens (tertiary/aromatic N) is 2. The third kappa shape index (κ3) is 3.85. The lowest BCUT2D eigenvalue weighted by molar-refractivity contribution is -0.136. The number of benzene rings is 2. The Morgan fingerprint density at radius 2 is 1.96 bits per heavy atom. The summed E-state index contributed by atoms with van der Waals surface area (Å²) in [6.45, 7) is 0. The van der Waals surface area contributed by atoms with Crippen molar-refractivity contribution in [2.24, 2.45) is 0 Å². The Hall–Kier alpha value is -3.15. The molecule has 3 rings (SSSR count). The zero-order valence-electron chi connectivity index (χ0n) is 13.6. The van der Waals surface area contributed by atoms with E-state index in [4.69, 9.17) is 9.84 Å². The number of hydrogen-bond acceptors (Lipinski definition) is 3. The summed E-state index contributed by atoms with van der Waals surface area (Å²) < 4.78 is 20.5. The number of aliphatic carboxylic acids is 1. The van der Waals surface area contributed by atoms with Crippen LogP contribution in [0.2, 0.25) is 0 Å². The summed E-state index contributed by atoms with van der Waals surface area (Å²) in [5, 5.41) is 13.4. The molecule has 25 heavy (non-hydrogen) atoms. The molecule has 0 spiro atoms. The largest absolute Gasteiger partial charge is 0.497 e. The molecule has 6 heteroatoms. The van der Waals surface area contributed by atoms with Crippen LogP contribution in [0.1, 0.15) is 12.1 Å². The van der Waals surface area contributed by atoms with Gasteiger partial charge in [0.15, 0.2) is 0 Å². The second-order valence-corrected chi connectivity index (χ2v) is 5.53. The molecule has 0 bridgehead atoms. The molecule has 5 nitrogen and oxygen atoms in total. The van der Waals surface area contributed by atoms with Crippen molar-refractivity contribution in [2.75, 3.05) is 7.11 Å². The number of aryl methyl sites for hydroxylation is 1. The van der Waals surface area contributed by atoms with Crippen molar-refractivity contribution in [3.8, 4) is 22.7 Å².